The van der Waals surface area contributed by atoms with Crippen LogP contribution in [0.25, 0.3) is 11.6 Å². The average Bonchev–Trinajstić information content (AvgIpc) is 3.34. The van der Waals surface area contributed by atoms with Crippen molar-refractivity contribution < 1.29 is 18.3 Å². The highest BCUT2D eigenvalue weighted by molar-refractivity contribution is 5.91. The first-order valence-corrected chi connectivity index (χ1v) is 9.39. The molecule has 0 unspecified atom stereocenters. The Kier molecular flexibility index (Phi) is 5.25. The van der Waals surface area contributed by atoms with Gasteiger partial charge in [-0.15, -0.1) is 0 Å². The van der Waals surface area contributed by atoms with Crippen LogP contribution in [0.3, 0.4) is 0 Å². The largest absolute Gasteiger partial charge is 0.455 e. The molecule has 0 saturated carbocycles. The summed E-state index contributed by atoms with van der Waals surface area (Å²) in [5.74, 6) is 1.09. The number of ether oxygens (including phenoxy) is 1. The van der Waals surface area contributed by atoms with Gasteiger partial charge in [0.05, 0.1) is 5.69 Å². The van der Waals surface area contributed by atoms with E-state index in [2.05, 4.69) is 10.3 Å². The van der Waals surface area contributed by atoms with Crippen molar-refractivity contribution in [2.45, 2.75) is 38.8 Å². The number of aryl methyl sites for hydroxylation is 1. The van der Waals surface area contributed by atoms with E-state index in [1.807, 2.05) is 12.1 Å². The zero-order valence-corrected chi connectivity index (χ0v) is 15.7. The van der Waals surface area contributed by atoms with Crippen LogP contribution in [0.5, 0.6) is 0 Å². The van der Waals surface area contributed by atoms with Crippen LogP contribution in [0, 0.1) is 12.7 Å². The first kappa shape index (κ1) is 18.4. The Morgan fingerprint density at radius 3 is 3.00 bits per heavy atom. The van der Waals surface area contributed by atoms with E-state index in [-0.39, 0.29) is 24.2 Å². The van der Waals surface area contributed by atoms with Gasteiger partial charge < -0.3 is 19.0 Å². The summed E-state index contributed by atoms with van der Waals surface area (Å²) in [6.07, 6.45) is 6.40. The van der Waals surface area contributed by atoms with Gasteiger partial charge in [0.15, 0.2) is 11.6 Å². The molecule has 1 aliphatic heterocycles. The highest BCUT2D eigenvalue weighted by Crippen LogP contribution is 2.31. The molecule has 1 aromatic carbocycles. The van der Waals surface area contributed by atoms with Crippen LogP contribution in [0.1, 0.15) is 36.7 Å². The smallest absolute Gasteiger partial charge is 0.244 e. The molecular weight excluding hydrogens is 361 g/mol. The van der Waals surface area contributed by atoms with Crippen molar-refractivity contribution in [3.63, 3.8) is 0 Å². The fourth-order valence-corrected chi connectivity index (χ4v) is 3.34. The van der Waals surface area contributed by atoms with Gasteiger partial charge in [0.25, 0.3) is 0 Å². The lowest BCUT2D eigenvalue weighted by Gasteiger charge is -2.20. The zero-order chi connectivity index (χ0) is 19.5. The standard InChI is InChI=1S/C21H22FN3O3/c1-14-5-6-16(15(22)12-14)24-20(26)13-25-10-9-23-21(25)19-8-7-18(28-19)17-4-2-3-11-27-17/h5-10,12,17H,2-4,11,13H2,1H3,(H,24,26)/t17-/m0/s1. The summed E-state index contributed by atoms with van der Waals surface area (Å²) >= 11 is 0. The van der Waals surface area contributed by atoms with Crippen molar-refractivity contribution in [1.29, 1.82) is 0 Å². The van der Waals surface area contributed by atoms with E-state index in [1.165, 1.54) is 6.07 Å². The molecular formula is C21H22FN3O3. The van der Waals surface area contributed by atoms with E-state index in [0.29, 0.717) is 11.6 Å². The molecule has 146 valence electrons. The molecule has 1 aliphatic rings. The van der Waals surface area contributed by atoms with Crippen LogP contribution in [0.4, 0.5) is 10.1 Å². The number of nitrogens with one attached hydrogen (secondary N) is 1. The third kappa shape index (κ3) is 3.99. The lowest BCUT2D eigenvalue weighted by Crippen LogP contribution is -2.19. The molecule has 1 fully saturated rings. The van der Waals surface area contributed by atoms with E-state index in [0.717, 1.165) is 37.2 Å². The number of benzene rings is 1. The normalized spacial score (nSPS) is 16.9. The van der Waals surface area contributed by atoms with Crippen LogP contribution >= 0.6 is 0 Å². The lowest BCUT2D eigenvalue weighted by molar-refractivity contribution is -0.116. The third-order valence-electron chi connectivity index (χ3n) is 4.77. The number of halogens is 1. The molecule has 1 saturated heterocycles. The summed E-state index contributed by atoms with van der Waals surface area (Å²) < 4.78 is 27.3. The van der Waals surface area contributed by atoms with Crippen molar-refractivity contribution >= 4 is 11.6 Å². The predicted molar refractivity (Wildman–Crippen MR) is 102 cm³/mol. The van der Waals surface area contributed by atoms with Crippen LogP contribution in [0.15, 0.2) is 47.1 Å². The van der Waals surface area contributed by atoms with Gasteiger partial charge >= 0.3 is 0 Å². The second-order valence-electron chi connectivity index (χ2n) is 6.97. The van der Waals surface area contributed by atoms with Gasteiger partial charge in [-0.05, 0) is 56.0 Å². The van der Waals surface area contributed by atoms with Crippen molar-refractivity contribution in [2.24, 2.45) is 0 Å². The number of hydrogen-bond acceptors (Lipinski definition) is 4. The first-order valence-electron chi connectivity index (χ1n) is 9.39. The third-order valence-corrected chi connectivity index (χ3v) is 4.77. The number of furan rings is 1. The summed E-state index contributed by atoms with van der Waals surface area (Å²) in [7, 11) is 0. The molecule has 7 heteroatoms. The molecule has 2 aromatic heterocycles. The lowest BCUT2D eigenvalue weighted by atomic mass is 10.1. The quantitative estimate of drug-likeness (QED) is 0.706. The number of hydrogen-bond donors (Lipinski definition) is 1. The molecule has 6 nitrogen and oxygen atoms in total. The Balaban J connectivity index is 1.47. The maximum absolute atomic E-state index is 14.0. The molecule has 28 heavy (non-hydrogen) atoms. The number of amides is 1. The Bertz CT molecular complexity index is 973. The van der Waals surface area contributed by atoms with E-state index in [4.69, 9.17) is 9.15 Å². The van der Waals surface area contributed by atoms with Gasteiger partial charge in [-0.2, -0.15) is 0 Å². The highest BCUT2D eigenvalue weighted by Gasteiger charge is 2.21. The minimum absolute atomic E-state index is 0.00138. The Morgan fingerprint density at radius 2 is 2.21 bits per heavy atom. The minimum atomic E-state index is -0.456. The zero-order valence-electron chi connectivity index (χ0n) is 15.7. The van der Waals surface area contributed by atoms with Gasteiger partial charge in [-0.3, -0.25) is 4.79 Å². The minimum Gasteiger partial charge on any atom is -0.455 e. The summed E-state index contributed by atoms with van der Waals surface area (Å²) in [6.45, 7) is 2.53. The molecule has 1 N–H and O–H groups in total. The van der Waals surface area contributed by atoms with Gasteiger partial charge in [0, 0.05) is 19.0 Å². The Morgan fingerprint density at radius 1 is 1.32 bits per heavy atom. The number of aromatic nitrogens is 2. The number of carbonyl (C=O) groups is 1. The highest BCUT2D eigenvalue weighted by atomic mass is 19.1. The number of nitrogens with zero attached hydrogens (tertiary/aromatic N) is 2. The molecule has 0 spiro atoms. The topological polar surface area (TPSA) is 69.3 Å². The van der Waals surface area contributed by atoms with Crippen molar-refractivity contribution in [1.82, 2.24) is 9.55 Å². The molecule has 0 radical (unpaired) electrons. The van der Waals surface area contributed by atoms with E-state index in [9.17, 15) is 9.18 Å². The molecule has 0 bridgehead atoms. The average molecular weight is 383 g/mol. The fourth-order valence-electron chi connectivity index (χ4n) is 3.34. The van der Waals surface area contributed by atoms with Crippen molar-refractivity contribution in [3.8, 4) is 11.6 Å². The molecule has 1 atom stereocenters. The van der Waals surface area contributed by atoms with E-state index >= 15 is 0 Å². The number of anilines is 1. The van der Waals surface area contributed by atoms with Crippen LogP contribution in [-0.4, -0.2) is 22.1 Å². The SMILES string of the molecule is Cc1ccc(NC(=O)Cn2ccnc2-c2ccc([C@@H]3CCCCO3)o2)c(F)c1. The number of rotatable bonds is 5. The summed E-state index contributed by atoms with van der Waals surface area (Å²) in [5.41, 5.74) is 0.954. The van der Waals surface area contributed by atoms with Crippen LogP contribution in [0.2, 0.25) is 0 Å². The van der Waals surface area contributed by atoms with Crippen molar-refractivity contribution in [2.75, 3.05) is 11.9 Å². The van der Waals surface area contributed by atoms with Crippen molar-refractivity contribution in [3.05, 3.63) is 59.9 Å². The molecule has 4 rings (SSSR count). The van der Waals surface area contributed by atoms with Gasteiger partial charge in [-0.25, -0.2) is 9.37 Å². The first-order chi connectivity index (χ1) is 13.6. The van der Waals surface area contributed by atoms with E-state index < -0.39 is 5.82 Å². The van der Waals surface area contributed by atoms with Gasteiger partial charge in [0.1, 0.15) is 24.2 Å². The fraction of sp³-hybridized carbons (Fsp3) is 0.333. The number of imidazole rings is 1. The maximum Gasteiger partial charge on any atom is 0.244 e. The second-order valence-corrected chi connectivity index (χ2v) is 6.97. The molecule has 1 amide bonds. The predicted octanol–water partition coefficient (Wildman–Crippen LogP) is 4.47. The van der Waals surface area contributed by atoms with Gasteiger partial charge in [0.2, 0.25) is 5.91 Å². The summed E-state index contributed by atoms with van der Waals surface area (Å²) in [6, 6.07) is 8.42. The number of carbonyl (C=O) groups excluding carboxylic acids is 1. The molecule has 0 aliphatic carbocycles. The maximum atomic E-state index is 14.0. The van der Waals surface area contributed by atoms with Gasteiger partial charge in [-0.1, -0.05) is 6.07 Å². The Hall–Kier alpha value is -2.93. The monoisotopic (exact) mass is 383 g/mol. The summed E-state index contributed by atoms with van der Waals surface area (Å²) in [4.78, 5) is 16.7. The Labute approximate surface area is 162 Å². The summed E-state index contributed by atoms with van der Waals surface area (Å²) in [5, 5.41) is 2.60. The van der Waals surface area contributed by atoms with E-state index in [1.54, 1.807) is 36.0 Å². The van der Waals surface area contributed by atoms with Crippen LogP contribution in [-0.2, 0) is 16.1 Å². The van der Waals surface area contributed by atoms with Crippen LogP contribution < -0.4 is 5.32 Å². The second kappa shape index (κ2) is 7.98. The molecule has 3 heterocycles. The molecule has 3 aromatic rings.